The second-order valence-electron chi connectivity index (χ2n) is 4.66. The third-order valence-electron chi connectivity index (χ3n) is 3.21. The molecule has 7 heteroatoms. The van der Waals surface area contributed by atoms with Crippen molar-refractivity contribution in [3.05, 3.63) is 0 Å². The van der Waals surface area contributed by atoms with Gasteiger partial charge in [0.25, 0.3) is 5.91 Å². The van der Waals surface area contributed by atoms with Crippen LogP contribution in [0.4, 0.5) is 0 Å². The smallest absolute Gasteiger partial charge is 0.267 e. The van der Waals surface area contributed by atoms with E-state index in [1.54, 1.807) is 0 Å². The number of amides is 2. The summed E-state index contributed by atoms with van der Waals surface area (Å²) in [7, 11) is 0. The molecule has 7 nitrogen and oxygen atoms in total. The van der Waals surface area contributed by atoms with Crippen molar-refractivity contribution >= 4 is 17.5 Å². The molecule has 1 saturated heterocycles. The van der Waals surface area contributed by atoms with Gasteiger partial charge >= 0.3 is 0 Å². The lowest BCUT2D eigenvalue weighted by Crippen LogP contribution is -2.40. The van der Waals surface area contributed by atoms with Crippen LogP contribution in [-0.2, 0) is 14.3 Å². The summed E-state index contributed by atoms with van der Waals surface area (Å²) in [6.07, 6.45) is 1.66. The first kappa shape index (κ1) is 14.0. The second kappa shape index (κ2) is 7.20. The number of nitrogens with zero attached hydrogens (tertiary/aromatic N) is 2. The maximum Gasteiger partial charge on any atom is 0.267 e. The first-order chi connectivity index (χ1) is 9.25. The number of hydrogen-bond acceptors (Lipinski definition) is 5. The van der Waals surface area contributed by atoms with Crippen LogP contribution in [0.25, 0.3) is 0 Å². The Kier molecular flexibility index (Phi) is 5.29. The highest BCUT2D eigenvalue weighted by Gasteiger charge is 2.17. The van der Waals surface area contributed by atoms with Gasteiger partial charge in [-0.3, -0.25) is 14.5 Å². The Morgan fingerprint density at radius 3 is 2.84 bits per heavy atom. The zero-order valence-electron chi connectivity index (χ0n) is 11.0. The topological polar surface area (TPSA) is 83.0 Å². The molecular formula is C12H20N4O3. The largest absolute Gasteiger partial charge is 0.379 e. The molecule has 2 amide bonds. The van der Waals surface area contributed by atoms with Crippen LogP contribution in [0.3, 0.4) is 0 Å². The molecule has 106 valence electrons. The van der Waals surface area contributed by atoms with Crippen LogP contribution in [-0.4, -0.2) is 61.8 Å². The van der Waals surface area contributed by atoms with Crippen LogP contribution >= 0.6 is 0 Å². The van der Waals surface area contributed by atoms with Gasteiger partial charge in [0.2, 0.25) is 5.91 Å². The van der Waals surface area contributed by atoms with E-state index < -0.39 is 0 Å². The number of carbonyl (C=O) groups excluding carboxylic acids is 2. The van der Waals surface area contributed by atoms with E-state index in [4.69, 9.17) is 4.74 Å². The van der Waals surface area contributed by atoms with Crippen molar-refractivity contribution in [2.24, 2.45) is 5.10 Å². The standard InChI is InChI=1S/C12H20N4O3/c17-11-3-2-10(14-15-11)12(18)13-4-1-5-16-6-8-19-9-7-16/h1-9H2,(H,13,18)(H,15,17). The molecule has 0 aromatic rings. The molecule has 2 aliphatic rings. The van der Waals surface area contributed by atoms with Crippen molar-refractivity contribution < 1.29 is 14.3 Å². The minimum absolute atomic E-state index is 0.135. The molecule has 0 spiro atoms. The molecule has 2 aliphatic heterocycles. The number of rotatable bonds is 5. The molecule has 0 atom stereocenters. The number of hydrogen-bond donors (Lipinski definition) is 2. The molecule has 0 aromatic carbocycles. The second-order valence-corrected chi connectivity index (χ2v) is 4.66. The summed E-state index contributed by atoms with van der Waals surface area (Å²) in [5.41, 5.74) is 2.73. The third-order valence-corrected chi connectivity index (χ3v) is 3.21. The van der Waals surface area contributed by atoms with E-state index in [0.29, 0.717) is 25.1 Å². The van der Waals surface area contributed by atoms with E-state index >= 15 is 0 Å². The van der Waals surface area contributed by atoms with Gasteiger partial charge in [-0.25, -0.2) is 5.43 Å². The zero-order valence-corrected chi connectivity index (χ0v) is 11.0. The fourth-order valence-electron chi connectivity index (χ4n) is 2.07. The highest BCUT2D eigenvalue weighted by molar-refractivity contribution is 6.39. The van der Waals surface area contributed by atoms with E-state index in [1.807, 2.05) is 0 Å². The summed E-state index contributed by atoms with van der Waals surface area (Å²) in [5, 5.41) is 6.58. The van der Waals surface area contributed by atoms with Gasteiger partial charge < -0.3 is 10.1 Å². The minimum Gasteiger partial charge on any atom is -0.379 e. The van der Waals surface area contributed by atoms with Gasteiger partial charge in [0.15, 0.2) is 0 Å². The number of morpholine rings is 1. The molecule has 2 N–H and O–H groups in total. The predicted octanol–water partition coefficient (Wildman–Crippen LogP) is -0.909. The van der Waals surface area contributed by atoms with Crippen molar-refractivity contribution in [2.45, 2.75) is 19.3 Å². The monoisotopic (exact) mass is 268 g/mol. The van der Waals surface area contributed by atoms with Crippen molar-refractivity contribution in [1.29, 1.82) is 0 Å². The highest BCUT2D eigenvalue weighted by Crippen LogP contribution is 2.00. The molecule has 0 unspecified atom stereocenters. The molecule has 1 fully saturated rings. The van der Waals surface area contributed by atoms with Gasteiger partial charge in [-0.15, -0.1) is 0 Å². The number of ether oxygens (including phenoxy) is 1. The Balaban J connectivity index is 1.60. The van der Waals surface area contributed by atoms with E-state index in [9.17, 15) is 9.59 Å². The number of carbonyl (C=O) groups is 2. The van der Waals surface area contributed by atoms with Crippen LogP contribution in [0.15, 0.2) is 5.10 Å². The van der Waals surface area contributed by atoms with Crippen LogP contribution < -0.4 is 10.7 Å². The Morgan fingerprint density at radius 1 is 1.37 bits per heavy atom. The van der Waals surface area contributed by atoms with Crippen LogP contribution in [0.5, 0.6) is 0 Å². The van der Waals surface area contributed by atoms with Crippen molar-refractivity contribution in [2.75, 3.05) is 39.4 Å². The van der Waals surface area contributed by atoms with Gasteiger partial charge in [-0.05, 0) is 13.0 Å². The average Bonchev–Trinajstić information content (AvgIpc) is 2.45. The summed E-state index contributed by atoms with van der Waals surface area (Å²) >= 11 is 0. The van der Waals surface area contributed by atoms with Crippen molar-refractivity contribution in [3.8, 4) is 0 Å². The van der Waals surface area contributed by atoms with Gasteiger partial charge in [0.1, 0.15) is 5.71 Å². The fourth-order valence-corrected chi connectivity index (χ4v) is 2.07. The molecule has 0 radical (unpaired) electrons. The molecule has 19 heavy (non-hydrogen) atoms. The van der Waals surface area contributed by atoms with Gasteiger partial charge in [-0.2, -0.15) is 5.10 Å². The Morgan fingerprint density at radius 2 is 2.16 bits per heavy atom. The van der Waals surface area contributed by atoms with E-state index in [0.717, 1.165) is 39.3 Å². The number of hydrazone groups is 1. The maximum atomic E-state index is 11.7. The van der Waals surface area contributed by atoms with Gasteiger partial charge in [0.05, 0.1) is 13.2 Å². The predicted molar refractivity (Wildman–Crippen MR) is 69.7 cm³/mol. The van der Waals surface area contributed by atoms with Crippen molar-refractivity contribution in [3.63, 3.8) is 0 Å². The Bertz CT molecular complexity index is 364. The van der Waals surface area contributed by atoms with Crippen LogP contribution in [0, 0.1) is 0 Å². The zero-order chi connectivity index (χ0) is 13.5. The summed E-state index contributed by atoms with van der Waals surface area (Å²) < 4.78 is 5.27. The molecular weight excluding hydrogens is 248 g/mol. The SMILES string of the molecule is O=C1CCC(C(=O)NCCCN2CCOCC2)=NN1. The lowest BCUT2D eigenvalue weighted by atomic mass is 10.1. The molecule has 0 saturated carbocycles. The Labute approximate surface area is 112 Å². The van der Waals surface area contributed by atoms with E-state index in [-0.39, 0.29) is 11.8 Å². The summed E-state index contributed by atoms with van der Waals surface area (Å²) in [6.45, 7) is 5.11. The normalized spacial score (nSPS) is 20.6. The molecule has 0 aliphatic carbocycles. The quantitative estimate of drug-likeness (QED) is 0.632. The summed E-state index contributed by atoms with van der Waals surface area (Å²) in [6, 6.07) is 0. The third kappa shape index (κ3) is 4.60. The van der Waals surface area contributed by atoms with Crippen LogP contribution in [0.2, 0.25) is 0 Å². The van der Waals surface area contributed by atoms with Gasteiger partial charge in [0, 0.05) is 32.5 Å². The molecule has 0 bridgehead atoms. The highest BCUT2D eigenvalue weighted by atomic mass is 16.5. The van der Waals surface area contributed by atoms with Crippen LogP contribution in [0.1, 0.15) is 19.3 Å². The van der Waals surface area contributed by atoms with Crippen molar-refractivity contribution in [1.82, 2.24) is 15.6 Å². The fraction of sp³-hybridized carbons (Fsp3) is 0.750. The molecule has 2 rings (SSSR count). The first-order valence-electron chi connectivity index (χ1n) is 6.69. The number of nitrogens with one attached hydrogen (secondary N) is 2. The summed E-state index contributed by atoms with van der Waals surface area (Å²) in [4.78, 5) is 25.0. The molecule has 0 aromatic heterocycles. The first-order valence-corrected chi connectivity index (χ1v) is 6.69. The Hall–Kier alpha value is -1.47. The average molecular weight is 268 g/mol. The van der Waals surface area contributed by atoms with E-state index in [2.05, 4.69) is 20.7 Å². The van der Waals surface area contributed by atoms with Gasteiger partial charge in [-0.1, -0.05) is 0 Å². The lowest BCUT2D eigenvalue weighted by Gasteiger charge is -2.26. The van der Waals surface area contributed by atoms with E-state index in [1.165, 1.54) is 0 Å². The lowest BCUT2D eigenvalue weighted by molar-refractivity contribution is -0.121. The summed E-state index contributed by atoms with van der Waals surface area (Å²) in [5.74, 6) is -0.314. The molecule has 2 heterocycles. The maximum absolute atomic E-state index is 11.7. The minimum atomic E-state index is -0.179.